The Hall–Kier alpha value is -1.10. The number of thiocarbonyl (C=S) groups is 1. The molecule has 0 aromatic carbocycles. The van der Waals surface area contributed by atoms with Crippen molar-refractivity contribution in [3.63, 3.8) is 0 Å². The largest absolute Gasteiger partial charge is 0.376 e. The zero-order valence-corrected chi connectivity index (χ0v) is 15.8. The van der Waals surface area contributed by atoms with Gasteiger partial charge in [-0.15, -0.1) is 0 Å². The second kappa shape index (κ2) is 7.20. The van der Waals surface area contributed by atoms with Crippen molar-refractivity contribution < 1.29 is 4.79 Å². The monoisotopic (exact) mass is 337 g/mol. The first kappa shape index (κ1) is 18.2. The van der Waals surface area contributed by atoms with Crippen molar-refractivity contribution >= 4 is 23.2 Å². The summed E-state index contributed by atoms with van der Waals surface area (Å²) in [5, 5.41) is 0.440. The molecule has 2 rings (SSSR count). The summed E-state index contributed by atoms with van der Waals surface area (Å²) in [5.41, 5.74) is 8.90. The molecule has 1 fully saturated rings. The maximum Gasteiger partial charge on any atom is 0.223 e. The number of rotatable bonds is 3. The van der Waals surface area contributed by atoms with Gasteiger partial charge in [0.15, 0.2) is 5.11 Å². The smallest absolute Gasteiger partial charge is 0.223 e. The summed E-state index contributed by atoms with van der Waals surface area (Å²) in [6, 6.07) is 0. The predicted molar refractivity (Wildman–Crippen MR) is 99.1 cm³/mol. The molecule has 0 saturated carbocycles. The van der Waals surface area contributed by atoms with E-state index in [4.69, 9.17) is 18.0 Å². The molecule has 0 radical (unpaired) electrons. The molecule has 23 heavy (non-hydrogen) atoms. The van der Waals surface area contributed by atoms with Gasteiger partial charge in [-0.1, -0.05) is 31.9 Å². The molecule has 1 amide bonds. The Morgan fingerprint density at radius 1 is 1.26 bits per heavy atom. The van der Waals surface area contributed by atoms with Gasteiger partial charge in [0.2, 0.25) is 5.91 Å². The van der Waals surface area contributed by atoms with Crippen molar-refractivity contribution in [1.29, 1.82) is 0 Å². The highest BCUT2D eigenvalue weighted by Crippen LogP contribution is 2.44. The lowest BCUT2D eigenvalue weighted by Crippen LogP contribution is -2.52. The van der Waals surface area contributed by atoms with E-state index in [0.29, 0.717) is 17.5 Å². The van der Waals surface area contributed by atoms with Gasteiger partial charge in [-0.2, -0.15) is 0 Å². The number of hydrogen-bond donors (Lipinski definition) is 1. The second-order valence-corrected chi connectivity index (χ2v) is 8.16. The average molecular weight is 338 g/mol. The summed E-state index contributed by atoms with van der Waals surface area (Å²) in [6.07, 6.45) is 4.29. The maximum absolute atomic E-state index is 12.7. The summed E-state index contributed by atoms with van der Waals surface area (Å²) >= 11 is 5.01. The maximum atomic E-state index is 12.7. The molecule has 1 aliphatic heterocycles. The van der Waals surface area contributed by atoms with Crippen molar-refractivity contribution in [3.05, 3.63) is 11.1 Å². The Morgan fingerprint density at radius 2 is 1.83 bits per heavy atom. The van der Waals surface area contributed by atoms with Crippen LogP contribution in [0.15, 0.2) is 11.1 Å². The predicted octanol–water partition coefficient (Wildman–Crippen LogP) is 2.93. The van der Waals surface area contributed by atoms with E-state index in [9.17, 15) is 4.79 Å². The number of carbonyl (C=O) groups is 1. The lowest BCUT2D eigenvalue weighted by molar-refractivity contribution is -0.133. The minimum absolute atomic E-state index is 0.229. The molecule has 4 nitrogen and oxygen atoms in total. The van der Waals surface area contributed by atoms with Crippen LogP contribution in [0.5, 0.6) is 0 Å². The number of hydrogen-bond acceptors (Lipinski definition) is 2. The third kappa shape index (κ3) is 4.25. The van der Waals surface area contributed by atoms with E-state index in [1.807, 2.05) is 9.80 Å². The Kier molecular flexibility index (Phi) is 5.71. The minimum Gasteiger partial charge on any atom is -0.376 e. The molecule has 1 unspecified atom stereocenters. The Balaban J connectivity index is 1.96. The van der Waals surface area contributed by atoms with Gasteiger partial charge in [-0.25, -0.2) is 0 Å². The van der Waals surface area contributed by atoms with Gasteiger partial charge in [-0.05, 0) is 49.7 Å². The molecule has 0 aromatic rings. The van der Waals surface area contributed by atoms with Crippen molar-refractivity contribution in [2.75, 3.05) is 26.2 Å². The van der Waals surface area contributed by atoms with Gasteiger partial charge in [0, 0.05) is 32.6 Å². The highest BCUT2D eigenvalue weighted by Gasteiger charge is 2.33. The molecule has 1 atom stereocenters. The van der Waals surface area contributed by atoms with Gasteiger partial charge in [-0.3, -0.25) is 4.79 Å². The molecule has 130 valence electrons. The van der Waals surface area contributed by atoms with Crippen LogP contribution < -0.4 is 5.73 Å². The van der Waals surface area contributed by atoms with Crippen LogP contribution in [0.1, 0.15) is 53.4 Å². The van der Waals surface area contributed by atoms with E-state index in [2.05, 4.69) is 27.7 Å². The molecule has 0 spiro atoms. The van der Waals surface area contributed by atoms with Crippen LogP contribution in [-0.2, 0) is 4.79 Å². The van der Waals surface area contributed by atoms with Crippen molar-refractivity contribution in [1.82, 2.24) is 9.80 Å². The van der Waals surface area contributed by atoms with E-state index >= 15 is 0 Å². The van der Waals surface area contributed by atoms with Gasteiger partial charge >= 0.3 is 0 Å². The van der Waals surface area contributed by atoms with Crippen LogP contribution >= 0.6 is 12.2 Å². The van der Waals surface area contributed by atoms with Crippen LogP contribution in [0.3, 0.4) is 0 Å². The first-order valence-corrected chi connectivity index (χ1v) is 9.15. The first-order chi connectivity index (χ1) is 10.7. The van der Waals surface area contributed by atoms with E-state index < -0.39 is 0 Å². The fourth-order valence-corrected chi connectivity index (χ4v) is 4.58. The van der Waals surface area contributed by atoms with E-state index in [0.717, 1.165) is 26.2 Å². The van der Waals surface area contributed by atoms with Gasteiger partial charge in [0.05, 0.1) is 0 Å². The summed E-state index contributed by atoms with van der Waals surface area (Å²) < 4.78 is 0. The zero-order chi connectivity index (χ0) is 17.2. The highest BCUT2D eigenvalue weighted by atomic mass is 32.1. The molecule has 5 heteroatoms. The summed E-state index contributed by atoms with van der Waals surface area (Å²) in [4.78, 5) is 16.6. The summed E-state index contributed by atoms with van der Waals surface area (Å²) in [6.45, 7) is 12.1. The van der Waals surface area contributed by atoms with Gasteiger partial charge < -0.3 is 15.5 Å². The molecule has 1 aliphatic carbocycles. The number of nitrogens with zero attached hydrogens (tertiary/aromatic N) is 2. The Labute approximate surface area is 146 Å². The third-order valence-electron chi connectivity index (χ3n) is 5.46. The molecular formula is C18H31N3OS. The third-order valence-corrected chi connectivity index (χ3v) is 5.72. The Morgan fingerprint density at radius 3 is 2.35 bits per heavy atom. The molecule has 1 heterocycles. The number of nitrogens with two attached hydrogens (primary N) is 1. The first-order valence-electron chi connectivity index (χ1n) is 8.74. The van der Waals surface area contributed by atoms with Crippen LogP contribution in [0.4, 0.5) is 0 Å². The second-order valence-electron chi connectivity index (χ2n) is 7.74. The number of allylic oxidation sites excluding steroid dienone is 2. The van der Waals surface area contributed by atoms with Gasteiger partial charge in [0.1, 0.15) is 0 Å². The fraction of sp³-hybridized carbons (Fsp3) is 0.778. The van der Waals surface area contributed by atoms with Crippen LogP contribution in [0.25, 0.3) is 0 Å². The molecule has 0 bridgehead atoms. The standard InChI is InChI=1S/C18H31N3OS/c1-13-6-5-7-18(3,4)16(13)14(2)12-15(22)20-8-10-21(11-9-20)17(19)23/h14H,5-12H2,1-4H3,(H2,19,23). The molecule has 0 aromatic heterocycles. The lowest BCUT2D eigenvalue weighted by Gasteiger charge is -2.39. The van der Waals surface area contributed by atoms with Crippen molar-refractivity contribution in [2.45, 2.75) is 53.4 Å². The van der Waals surface area contributed by atoms with E-state index in [1.54, 1.807) is 0 Å². The summed E-state index contributed by atoms with van der Waals surface area (Å²) in [7, 11) is 0. The SMILES string of the molecule is CC1=C(C(C)CC(=O)N2CCN(C(N)=S)CC2)C(C)(C)CCC1. The van der Waals surface area contributed by atoms with Crippen LogP contribution in [0.2, 0.25) is 0 Å². The quantitative estimate of drug-likeness (QED) is 0.635. The van der Waals surface area contributed by atoms with E-state index in [1.165, 1.54) is 30.4 Å². The molecule has 1 saturated heterocycles. The fourth-order valence-electron chi connectivity index (χ4n) is 4.40. The van der Waals surface area contributed by atoms with Crippen molar-refractivity contribution in [2.24, 2.45) is 17.1 Å². The normalized spacial score (nSPS) is 23.0. The molecule has 2 aliphatic rings. The number of piperazine rings is 1. The van der Waals surface area contributed by atoms with Crippen LogP contribution in [-0.4, -0.2) is 47.0 Å². The van der Waals surface area contributed by atoms with Crippen molar-refractivity contribution in [3.8, 4) is 0 Å². The lowest BCUT2D eigenvalue weighted by atomic mass is 9.68. The summed E-state index contributed by atoms with van der Waals surface area (Å²) in [5.74, 6) is 0.591. The van der Waals surface area contributed by atoms with Crippen LogP contribution in [0, 0.1) is 11.3 Å². The number of carbonyl (C=O) groups excluding carboxylic acids is 1. The van der Waals surface area contributed by atoms with E-state index in [-0.39, 0.29) is 11.3 Å². The number of amides is 1. The molecular weight excluding hydrogens is 306 g/mol. The molecule has 2 N–H and O–H groups in total. The zero-order valence-electron chi connectivity index (χ0n) is 15.0. The topological polar surface area (TPSA) is 49.6 Å². The van der Waals surface area contributed by atoms with Gasteiger partial charge in [0.25, 0.3) is 0 Å². The minimum atomic E-state index is 0.229. The highest BCUT2D eigenvalue weighted by molar-refractivity contribution is 7.80. The average Bonchev–Trinajstić information content (AvgIpc) is 2.46. The Bertz CT molecular complexity index is 504.